The Morgan fingerprint density at radius 2 is 2.10 bits per heavy atom. The van der Waals surface area contributed by atoms with Crippen molar-refractivity contribution in [2.75, 3.05) is 18.6 Å². The van der Waals surface area contributed by atoms with E-state index in [9.17, 15) is 9.90 Å². The molecule has 0 saturated carbocycles. The molecule has 1 saturated heterocycles. The van der Waals surface area contributed by atoms with Gasteiger partial charge in [0.25, 0.3) is 0 Å². The smallest absolute Gasteiger partial charge is 0.321 e. The summed E-state index contributed by atoms with van der Waals surface area (Å²) in [5.41, 5.74) is 1.15. The van der Waals surface area contributed by atoms with Gasteiger partial charge in [0.2, 0.25) is 0 Å². The molecule has 1 aromatic carbocycles. The molecule has 1 aromatic rings. The van der Waals surface area contributed by atoms with Gasteiger partial charge < -0.3 is 5.11 Å². The second-order valence-corrected chi connectivity index (χ2v) is 7.08. The zero-order chi connectivity index (χ0) is 14.1. The summed E-state index contributed by atoms with van der Waals surface area (Å²) < 4.78 is 0. The largest absolute Gasteiger partial charge is 0.480 e. The molecule has 0 aliphatic carbocycles. The monoisotopic (exact) mass is 308 g/mol. The van der Waals surface area contributed by atoms with Gasteiger partial charge in [-0.1, -0.05) is 30.3 Å². The maximum Gasteiger partial charge on any atom is 0.321 e. The van der Waals surface area contributed by atoms with Crippen LogP contribution in [0.25, 0.3) is 0 Å². The van der Waals surface area contributed by atoms with Gasteiger partial charge >= 0.3 is 5.97 Å². The lowest BCUT2D eigenvalue weighted by Crippen LogP contribution is -2.42. The summed E-state index contributed by atoms with van der Waals surface area (Å²) in [7, 11) is 1.89. The first-order valence-corrected chi connectivity index (χ1v) is 8.52. The average Bonchev–Trinajstić information content (AvgIpc) is 3.06. The molecule has 4 nitrogen and oxygen atoms in total. The van der Waals surface area contributed by atoms with E-state index in [1.807, 2.05) is 30.1 Å². The molecule has 6 heteroatoms. The summed E-state index contributed by atoms with van der Waals surface area (Å²) in [6.07, 6.45) is 0. The first kappa shape index (κ1) is 14.0. The molecule has 20 heavy (non-hydrogen) atoms. The third-order valence-corrected chi connectivity index (χ3v) is 6.25. The van der Waals surface area contributed by atoms with Crippen molar-refractivity contribution in [1.29, 1.82) is 0 Å². The Kier molecular flexibility index (Phi) is 4.05. The van der Waals surface area contributed by atoms with Crippen LogP contribution in [0.4, 0.5) is 0 Å². The highest BCUT2D eigenvalue weighted by Gasteiger charge is 2.41. The lowest BCUT2D eigenvalue weighted by atomic mass is 10.2. The van der Waals surface area contributed by atoms with Crippen LogP contribution in [0.1, 0.15) is 5.56 Å². The predicted octanol–water partition coefficient (Wildman–Crippen LogP) is 2.01. The number of likely N-dealkylation sites (N-methyl/N-ethyl adjacent to an activating group) is 1. The van der Waals surface area contributed by atoms with Crippen molar-refractivity contribution >= 4 is 34.5 Å². The molecule has 2 heterocycles. The fraction of sp³-hybridized carbons (Fsp3) is 0.429. The molecule has 3 rings (SSSR count). The van der Waals surface area contributed by atoms with E-state index in [1.54, 1.807) is 23.5 Å². The summed E-state index contributed by atoms with van der Waals surface area (Å²) in [4.78, 5) is 17.9. The lowest BCUT2D eigenvalue weighted by Gasteiger charge is -2.24. The van der Waals surface area contributed by atoms with Crippen molar-refractivity contribution in [3.8, 4) is 0 Å². The Labute approximate surface area is 126 Å². The predicted molar refractivity (Wildman–Crippen MR) is 84.7 cm³/mol. The number of carboxylic acids is 1. The Bertz CT molecular complexity index is 535. The van der Waals surface area contributed by atoms with Gasteiger partial charge in [-0.3, -0.25) is 14.7 Å². The van der Waals surface area contributed by atoms with Crippen molar-refractivity contribution in [2.24, 2.45) is 4.99 Å². The van der Waals surface area contributed by atoms with Crippen LogP contribution < -0.4 is 0 Å². The van der Waals surface area contributed by atoms with Gasteiger partial charge in [-0.25, -0.2) is 0 Å². The molecule has 3 atom stereocenters. The van der Waals surface area contributed by atoms with Crippen molar-refractivity contribution in [2.45, 2.75) is 17.5 Å². The van der Waals surface area contributed by atoms with E-state index in [0.29, 0.717) is 5.75 Å². The summed E-state index contributed by atoms with van der Waals surface area (Å²) in [5, 5.41) is 10.4. The Morgan fingerprint density at radius 3 is 2.75 bits per heavy atom. The molecule has 0 spiro atoms. The quantitative estimate of drug-likeness (QED) is 0.926. The number of hydrogen-bond acceptors (Lipinski definition) is 5. The van der Waals surface area contributed by atoms with Gasteiger partial charge in [-0.15, -0.1) is 23.5 Å². The molecular formula is C14H16N2O2S2. The molecule has 0 amide bonds. The van der Waals surface area contributed by atoms with Gasteiger partial charge in [0.05, 0.1) is 16.5 Å². The Morgan fingerprint density at radius 1 is 1.35 bits per heavy atom. The topological polar surface area (TPSA) is 52.9 Å². The number of carboxylic acid groups (broad SMARTS) is 1. The third kappa shape index (κ3) is 2.60. The minimum absolute atomic E-state index is 0.171. The van der Waals surface area contributed by atoms with Gasteiger partial charge in [-0.2, -0.15) is 0 Å². The maximum absolute atomic E-state index is 11.2. The first-order valence-electron chi connectivity index (χ1n) is 6.49. The number of nitrogens with zero attached hydrogens (tertiary/aromatic N) is 2. The van der Waals surface area contributed by atoms with Crippen LogP contribution in [-0.4, -0.2) is 57.0 Å². The maximum atomic E-state index is 11.2. The van der Waals surface area contributed by atoms with Crippen molar-refractivity contribution < 1.29 is 9.90 Å². The van der Waals surface area contributed by atoms with Crippen LogP contribution in [-0.2, 0) is 4.79 Å². The number of thioether (sulfide) groups is 2. The summed E-state index contributed by atoms with van der Waals surface area (Å²) in [5.74, 6) is 0.840. The molecule has 0 bridgehead atoms. The van der Waals surface area contributed by atoms with E-state index >= 15 is 0 Å². The summed E-state index contributed by atoms with van der Waals surface area (Å²) >= 11 is 3.47. The van der Waals surface area contributed by atoms with Crippen molar-refractivity contribution in [3.05, 3.63) is 35.9 Å². The van der Waals surface area contributed by atoms with E-state index in [1.165, 1.54) is 0 Å². The summed E-state index contributed by atoms with van der Waals surface area (Å²) in [6.45, 7) is 0. The van der Waals surface area contributed by atoms with Crippen molar-refractivity contribution in [3.63, 3.8) is 0 Å². The molecule has 1 fully saturated rings. The molecule has 106 valence electrons. The van der Waals surface area contributed by atoms with E-state index in [4.69, 9.17) is 4.99 Å². The number of rotatable bonds is 3. The molecule has 0 radical (unpaired) electrons. The SMILES string of the molecule is CN1[C@@H](C(=O)O)CS[C@@H]1[C@@H]1CSC(c2ccccc2)=N1. The van der Waals surface area contributed by atoms with Gasteiger partial charge in [0, 0.05) is 17.1 Å². The number of aliphatic carboxylic acids is 1. The fourth-order valence-corrected chi connectivity index (χ4v) is 5.24. The number of aliphatic imine (C=N–C) groups is 1. The molecule has 2 aliphatic heterocycles. The normalized spacial score (nSPS) is 30.4. The summed E-state index contributed by atoms with van der Waals surface area (Å²) in [6, 6.07) is 9.96. The third-order valence-electron chi connectivity index (χ3n) is 3.63. The molecule has 0 unspecified atom stereocenters. The van der Waals surface area contributed by atoms with E-state index < -0.39 is 5.97 Å². The van der Waals surface area contributed by atoms with E-state index in [0.717, 1.165) is 16.4 Å². The number of benzene rings is 1. The molecular weight excluding hydrogens is 292 g/mol. The van der Waals surface area contributed by atoms with Gasteiger partial charge in [0.1, 0.15) is 6.04 Å². The molecule has 1 N–H and O–H groups in total. The fourth-order valence-electron chi connectivity index (χ4n) is 2.50. The van der Waals surface area contributed by atoms with Crippen LogP contribution >= 0.6 is 23.5 Å². The lowest BCUT2D eigenvalue weighted by molar-refractivity contribution is -0.141. The highest BCUT2D eigenvalue weighted by atomic mass is 32.2. The van der Waals surface area contributed by atoms with Crippen LogP contribution in [0.3, 0.4) is 0 Å². The minimum Gasteiger partial charge on any atom is -0.480 e. The first-order chi connectivity index (χ1) is 9.66. The average molecular weight is 308 g/mol. The van der Waals surface area contributed by atoms with Gasteiger partial charge in [-0.05, 0) is 7.05 Å². The van der Waals surface area contributed by atoms with Crippen molar-refractivity contribution in [1.82, 2.24) is 4.90 Å². The Hall–Kier alpha value is -0.980. The number of carbonyl (C=O) groups is 1. The van der Waals surface area contributed by atoms with Crippen LogP contribution in [0.15, 0.2) is 35.3 Å². The second-order valence-electron chi connectivity index (χ2n) is 4.92. The molecule has 0 aromatic heterocycles. The standard InChI is InChI=1S/C14H16N2O2S2/c1-16-11(14(17)18)8-20-13(16)10-7-19-12(15-10)9-5-3-2-4-6-9/h2-6,10-11,13H,7-8H2,1H3,(H,17,18)/t10-,11+,13+/m0/s1. The van der Waals surface area contributed by atoms with E-state index in [2.05, 4.69) is 12.1 Å². The molecule has 2 aliphatic rings. The number of hydrogen-bond donors (Lipinski definition) is 1. The van der Waals surface area contributed by atoms with E-state index in [-0.39, 0.29) is 17.5 Å². The van der Waals surface area contributed by atoms with Crippen LogP contribution in [0.5, 0.6) is 0 Å². The zero-order valence-corrected chi connectivity index (χ0v) is 12.7. The minimum atomic E-state index is -0.736. The second kappa shape index (κ2) is 5.79. The van der Waals surface area contributed by atoms with Crippen LogP contribution in [0.2, 0.25) is 0 Å². The highest BCUT2D eigenvalue weighted by molar-refractivity contribution is 8.14. The Balaban J connectivity index is 1.74. The van der Waals surface area contributed by atoms with Crippen LogP contribution in [0, 0.1) is 0 Å². The van der Waals surface area contributed by atoms with Gasteiger partial charge in [0.15, 0.2) is 0 Å². The highest BCUT2D eigenvalue weighted by Crippen LogP contribution is 2.36. The zero-order valence-electron chi connectivity index (χ0n) is 11.1.